The number of nitrogens with one attached hydrogen (secondary N) is 1. The topological polar surface area (TPSA) is 44.8 Å². The Morgan fingerprint density at radius 1 is 1.28 bits per heavy atom. The van der Waals surface area contributed by atoms with Crippen LogP contribution in [-0.4, -0.2) is 61.1 Å². The normalized spacial score (nSPS) is 16.2. The van der Waals surface area contributed by atoms with E-state index in [-0.39, 0.29) is 5.91 Å². The summed E-state index contributed by atoms with van der Waals surface area (Å²) in [5.41, 5.74) is 1.12. The van der Waals surface area contributed by atoms with Crippen LogP contribution >= 0.6 is 0 Å². The minimum Gasteiger partial charge on any atom is -0.494 e. The Morgan fingerprint density at radius 3 is 2.48 bits per heavy atom. The summed E-state index contributed by atoms with van der Waals surface area (Å²) >= 11 is 0. The van der Waals surface area contributed by atoms with Gasteiger partial charge in [-0.3, -0.25) is 9.69 Å². The molecule has 0 aliphatic carbocycles. The first-order chi connectivity index (χ1) is 12.0. The zero-order valence-electron chi connectivity index (χ0n) is 16.1. The summed E-state index contributed by atoms with van der Waals surface area (Å²) < 4.78 is 5.45. The van der Waals surface area contributed by atoms with Gasteiger partial charge < -0.3 is 15.0 Å². The van der Waals surface area contributed by atoms with Gasteiger partial charge in [-0.25, -0.2) is 0 Å². The van der Waals surface area contributed by atoms with Crippen molar-refractivity contribution in [3.05, 3.63) is 29.8 Å². The number of ether oxygens (including phenoxy) is 1. The van der Waals surface area contributed by atoms with Crippen LogP contribution in [-0.2, 0) is 11.3 Å². The lowest BCUT2D eigenvalue weighted by atomic mass is 10.0. The number of hydrogen-bond acceptors (Lipinski definition) is 4. The molecule has 1 aliphatic heterocycles. The highest BCUT2D eigenvalue weighted by Crippen LogP contribution is 2.14. The largest absolute Gasteiger partial charge is 0.494 e. The number of hydrogen-bond donors (Lipinski definition) is 1. The molecule has 25 heavy (non-hydrogen) atoms. The Bertz CT molecular complexity index is 522. The minimum atomic E-state index is 0.184. The van der Waals surface area contributed by atoms with Crippen LogP contribution in [0.5, 0.6) is 5.75 Å². The molecule has 0 aromatic heterocycles. The van der Waals surface area contributed by atoms with Gasteiger partial charge in [-0.2, -0.15) is 0 Å². The second-order valence-electron chi connectivity index (χ2n) is 7.20. The van der Waals surface area contributed by atoms with Crippen molar-refractivity contribution in [2.75, 3.05) is 33.3 Å². The van der Waals surface area contributed by atoms with Crippen molar-refractivity contribution in [2.24, 2.45) is 0 Å². The third-order valence-electron chi connectivity index (χ3n) is 4.60. The molecular formula is C20H33N3O2. The summed E-state index contributed by atoms with van der Waals surface area (Å²) in [6.07, 6.45) is 2.24. The van der Waals surface area contributed by atoms with Crippen LogP contribution < -0.4 is 10.1 Å². The van der Waals surface area contributed by atoms with Gasteiger partial charge in [-0.1, -0.05) is 26.0 Å². The van der Waals surface area contributed by atoms with E-state index in [1.165, 1.54) is 0 Å². The number of amides is 1. The van der Waals surface area contributed by atoms with Crippen molar-refractivity contribution in [2.45, 2.75) is 52.2 Å². The Morgan fingerprint density at radius 2 is 1.92 bits per heavy atom. The number of carbonyl (C=O) groups excluding carboxylic acids is 1. The molecule has 5 nitrogen and oxygen atoms in total. The number of likely N-dealkylation sites (N-methyl/N-ethyl adjacent to an activating group) is 1. The molecule has 1 amide bonds. The number of piperidine rings is 1. The van der Waals surface area contributed by atoms with Crippen molar-refractivity contribution >= 4 is 5.91 Å². The summed E-state index contributed by atoms with van der Waals surface area (Å²) in [5.74, 6) is 1.06. The Balaban J connectivity index is 1.75. The molecule has 0 unspecified atom stereocenters. The van der Waals surface area contributed by atoms with Gasteiger partial charge >= 0.3 is 0 Å². The molecule has 0 atom stereocenters. The molecule has 140 valence electrons. The molecule has 1 saturated heterocycles. The molecule has 0 radical (unpaired) electrons. The fraction of sp³-hybridized carbons (Fsp3) is 0.650. The van der Waals surface area contributed by atoms with E-state index in [1.807, 2.05) is 43.1 Å². The highest BCUT2D eigenvalue weighted by molar-refractivity contribution is 5.78. The average molecular weight is 348 g/mol. The van der Waals surface area contributed by atoms with E-state index in [9.17, 15) is 4.79 Å². The predicted molar refractivity (Wildman–Crippen MR) is 102 cm³/mol. The summed E-state index contributed by atoms with van der Waals surface area (Å²) in [5, 5.41) is 3.59. The summed E-state index contributed by atoms with van der Waals surface area (Å²) in [6.45, 7) is 10.2. The standard InChI is InChI=1S/C20H33N3O2/c1-5-25-19-8-6-17(7-9-19)14-22(4)20(24)15-23-12-10-18(11-13-23)21-16(2)3/h6-9,16,18,21H,5,10-15H2,1-4H3. The maximum atomic E-state index is 12.5. The maximum Gasteiger partial charge on any atom is 0.236 e. The quantitative estimate of drug-likeness (QED) is 0.785. The van der Waals surface area contributed by atoms with E-state index >= 15 is 0 Å². The molecular weight excluding hydrogens is 314 g/mol. The lowest BCUT2D eigenvalue weighted by molar-refractivity contribution is -0.131. The molecule has 1 fully saturated rings. The monoisotopic (exact) mass is 347 g/mol. The van der Waals surface area contributed by atoms with Crippen LogP contribution in [0.15, 0.2) is 24.3 Å². The van der Waals surface area contributed by atoms with Crippen LogP contribution in [0.1, 0.15) is 39.2 Å². The molecule has 5 heteroatoms. The Hall–Kier alpha value is -1.59. The number of nitrogens with zero attached hydrogens (tertiary/aromatic N) is 2. The van der Waals surface area contributed by atoms with E-state index in [2.05, 4.69) is 24.1 Å². The fourth-order valence-corrected chi connectivity index (χ4v) is 3.26. The zero-order chi connectivity index (χ0) is 18.2. The Labute approximate surface area is 152 Å². The van der Waals surface area contributed by atoms with Gasteiger partial charge in [-0.05, 0) is 37.5 Å². The maximum absolute atomic E-state index is 12.5. The lowest BCUT2D eigenvalue weighted by Gasteiger charge is -2.33. The molecule has 1 aromatic carbocycles. The van der Waals surface area contributed by atoms with Crippen molar-refractivity contribution in [1.82, 2.24) is 15.1 Å². The van der Waals surface area contributed by atoms with Gasteiger partial charge in [0.2, 0.25) is 5.91 Å². The van der Waals surface area contributed by atoms with Gasteiger partial charge in [0, 0.05) is 38.8 Å². The molecule has 2 rings (SSSR count). The summed E-state index contributed by atoms with van der Waals surface area (Å²) in [7, 11) is 1.88. The molecule has 0 saturated carbocycles. The van der Waals surface area contributed by atoms with E-state index in [1.54, 1.807) is 0 Å². The third-order valence-corrected chi connectivity index (χ3v) is 4.60. The Kier molecular flexibility index (Phi) is 7.72. The van der Waals surface area contributed by atoms with Gasteiger partial charge in [0.15, 0.2) is 0 Å². The molecule has 1 heterocycles. The van der Waals surface area contributed by atoms with Gasteiger partial charge in [-0.15, -0.1) is 0 Å². The summed E-state index contributed by atoms with van der Waals surface area (Å²) in [4.78, 5) is 16.6. The smallest absolute Gasteiger partial charge is 0.236 e. The van der Waals surface area contributed by atoms with E-state index in [0.29, 0.717) is 31.8 Å². The van der Waals surface area contributed by atoms with Crippen LogP contribution in [0.4, 0.5) is 0 Å². The fourth-order valence-electron chi connectivity index (χ4n) is 3.26. The molecule has 0 bridgehead atoms. The minimum absolute atomic E-state index is 0.184. The number of likely N-dealkylation sites (tertiary alicyclic amines) is 1. The molecule has 1 aliphatic rings. The first-order valence-electron chi connectivity index (χ1n) is 9.42. The van der Waals surface area contributed by atoms with Gasteiger partial charge in [0.25, 0.3) is 0 Å². The zero-order valence-corrected chi connectivity index (χ0v) is 16.1. The van der Waals surface area contributed by atoms with E-state index in [4.69, 9.17) is 4.74 Å². The molecule has 1 aromatic rings. The van der Waals surface area contributed by atoms with Gasteiger partial charge in [0.1, 0.15) is 5.75 Å². The first-order valence-corrected chi connectivity index (χ1v) is 9.42. The van der Waals surface area contributed by atoms with Crippen LogP contribution in [0.2, 0.25) is 0 Å². The van der Waals surface area contributed by atoms with Gasteiger partial charge in [0.05, 0.1) is 13.2 Å². The number of carbonyl (C=O) groups is 1. The number of benzene rings is 1. The van der Waals surface area contributed by atoms with Crippen LogP contribution in [0.3, 0.4) is 0 Å². The van der Waals surface area contributed by atoms with E-state index < -0.39 is 0 Å². The number of rotatable bonds is 8. The van der Waals surface area contributed by atoms with Crippen molar-refractivity contribution in [3.63, 3.8) is 0 Å². The first kappa shape index (κ1) is 19.7. The lowest BCUT2D eigenvalue weighted by Crippen LogP contribution is -2.47. The van der Waals surface area contributed by atoms with E-state index in [0.717, 1.165) is 37.2 Å². The highest BCUT2D eigenvalue weighted by Gasteiger charge is 2.22. The average Bonchev–Trinajstić information content (AvgIpc) is 2.58. The van der Waals surface area contributed by atoms with Crippen molar-refractivity contribution in [3.8, 4) is 5.75 Å². The molecule has 1 N–H and O–H groups in total. The highest BCUT2D eigenvalue weighted by atomic mass is 16.5. The van der Waals surface area contributed by atoms with Crippen LogP contribution in [0, 0.1) is 0 Å². The van der Waals surface area contributed by atoms with Crippen molar-refractivity contribution in [1.29, 1.82) is 0 Å². The molecule has 0 spiro atoms. The summed E-state index contributed by atoms with van der Waals surface area (Å²) in [6, 6.07) is 9.09. The van der Waals surface area contributed by atoms with Crippen molar-refractivity contribution < 1.29 is 9.53 Å². The third kappa shape index (κ3) is 6.67. The predicted octanol–water partition coefficient (Wildman–Crippen LogP) is 2.51. The van der Waals surface area contributed by atoms with Crippen LogP contribution in [0.25, 0.3) is 0 Å². The second kappa shape index (κ2) is 9.78. The second-order valence-corrected chi connectivity index (χ2v) is 7.20. The SMILES string of the molecule is CCOc1ccc(CN(C)C(=O)CN2CCC(NC(C)C)CC2)cc1.